The van der Waals surface area contributed by atoms with Gasteiger partial charge in [-0.1, -0.05) is 56.3 Å². The lowest BCUT2D eigenvalue weighted by Crippen LogP contribution is -2.05. The summed E-state index contributed by atoms with van der Waals surface area (Å²) >= 11 is 0. The van der Waals surface area contributed by atoms with Gasteiger partial charge in [-0.05, 0) is 42.5 Å². The summed E-state index contributed by atoms with van der Waals surface area (Å²) in [5, 5.41) is 0. The van der Waals surface area contributed by atoms with E-state index in [0.717, 1.165) is 33.6 Å². The molecule has 0 saturated carbocycles. The lowest BCUT2D eigenvalue weighted by atomic mass is 10.0. The van der Waals surface area contributed by atoms with Gasteiger partial charge in [-0.2, -0.15) is 0 Å². The van der Waals surface area contributed by atoms with Gasteiger partial charge < -0.3 is 9.30 Å². The minimum Gasteiger partial charge on any atom is -0.487 e. The number of fused-ring (bicyclic) bond motifs is 1. The third-order valence-electron chi connectivity index (χ3n) is 5.79. The first-order valence-electron chi connectivity index (χ1n) is 10.3. The predicted octanol–water partition coefficient (Wildman–Crippen LogP) is 6.96. The van der Waals surface area contributed by atoms with Crippen molar-refractivity contribution in [1.29, 1.82) is 0 Å². The molecular formula is C26H28ClFN2O. The molecule has 0 bridgehead atoms. The van der Waals surface area contributed by atoms with Crippen LogP contribution >= 0.6 is 12.4 Å². The van der Waals surface area contributed by atoms with Crippen molar-refractivity contribution in [3.8, 4) is 5.75 Å². The van der Waals surface area contributed by atoms with E-state index in [1.54, 1.807) is 12.3 Å². The SMILES string of the molecule is Cc1c(C)n(Cc2ccccc2F)c2c(OCc3ccc(C(C)C)cc3)ccnc12.Cl. The summed E-state index contributed by atoms with van der Waals surface area (Å²) in [5.74, 6) is 1.07. The van der Waals surface area contributed by atoms with Crippen molar-refractivity contribution in [2.75, 3.05) is 0 Å². The van der Waals surface area contributed by atoms with E-state index in [1.807, 2.05) is 25.1 Å². The van der Waals surface area contributed by atoms with Gasteiger partial charge in [-0.25, -0.2) is 4.39 Å². The summed E-state index contributed by atoms with van der Waals surface area (Å²) in [6, 6.07) is 17.3. The Morgan fingerprint density at radius 1 is 1.00 bits per heavy atom. The molecule has 3 nitrogen and oxygen atoms in total. The van der Waals surface area contributed by atoms with Crippen LogP contribution in [0.15, 0.2) is 60.8 Å². The lowest BCUT2D eigenvalue weighted by molar-refractivity contribution is 0.308. The molecule has 0 N–H and O–H groups in total. The number of benzene rings is 2. The Morgan fingerprint density at radius 2 is 1.71 bits per heavy atom. The van der Waals surface area contributed by atoms with Gasteiger partial charge in [-0.3, -0.25) is 4.98 Å². The van der Waals surface area contributed by atoms with Crippen molar-refractivity contribution >= 4 is 23.4 Å². The molecule has 0 atom stereocenters. The van der Waals surface area contributed by atoms with Gasteiger partial charge in [0.15, 0.2) is 0 Å². The van der Waals surface area contributed by atoms with Gasteiger partial charge in [0.2, 0.25) is 0 Å². The average molecular weight is 439 g/mol. The number of nitrogens with zero attached hydrogens (tertiary/aromatic N) is 2. The fourth-order valence-electron chi connectivity index (χ4n) is 3.78. The predicted molar refractivity (Wildman–Crippen MR) is 127 cm³/mol. The molecule has 162 valence electrons. The van der Waals surface area contributed by atoms with Crippen LogP contribution < -0.4 is 4.74 Å². The Bertz CT molecular complexity index is 1180. The number of pyridine rings is 1. The molecule has 4 rings (SSSR count). The summed E-state index contributed by atoms with van der Waals surface area (Å²) in [4.78, 5) is 4.58. The maximum atomic E-state index is 14.3. The molecule has 31 heavy (non-hydrogen) atoms. The topological polar surface area (TPSA) is 27.1 Å². The molecule has 0 spiro atoms. The van der Waals surface area contributed by atoms with Crippen molar-refractivity contribution in [1.82, 2.24) is 9.55 Å². The number of aromatic nitrogens is 2. The third kappa shape index (κ3) is 4.59. The van der Waals surface area contributed by atoms with Crippen LogP contribution in [-0.4, -0.2) is 9.55 Å². The van der Waals surface area contributed by atoms with Crippen molar-refractivity contribution in [3.05, 3.63) is 94.6 Å². The number of hydrogen-bond acceptors (Lipinski definition) is 2. The lowest BCUT2D eigenvalue weighted by Gasteiger charge is -2.13. The summed E-state index contributed by atoms with van der Waals surface area (Å²) < 4.78 is 22.6. The summed E-state index contributed by atoms with van der Waals surface area (Å²) in [6.07, 6.45) is 1.78. The quantitative estimate of drug-likeness (QED) is 0.325. The zero-order valence-corrected chi connectivity index (χ0v) is 19.2. The fourth-order valence-corrected chi connectivity index (χ4v) is 3.78. The summed E-state index contributed by atoms with van der Waals surface area (Å²) in [6.45, 7) is 9.39. The second kappa shape index (κ2) is 9.52. The number of rotatable bonds is 6. The molecule has 0 saturated heterocycles. The molecule has 0 aliphatic rings. The zero-order valence-electron chi connectivity index (χ0n) is 18.4. The maximum Gasteiger partial charge on any atom is 0.147 e. The number of hydrogen-bond donors (Lipinski definition) is 0. The van der Waals surface area contributed by atoms with Crippen LogP contribution in [0.4, 0.5) is 4.39 Å². The van der Waals surface area contributed by atoms with Crippen LogP contribution in [0.2, 0.25) is 0 Å². The smallest absolute Gasteiger partial charge is 0.147 e. The molecule has 2 aromatic carbocycles. The number of ether oxygens (including phenoxy) is 1. The first-order chi connectivity index (χ1) is 14.5. The molecule has 0 amide bonds. The fraction of sp³-hybridized carbons (Fsp3) is 0.269. The van der Waals surface area contributed by atoms with Gasteiger partial charge in [0.25, 0.3) is 0 Å². The van der Waals surface area contributed by atoms with E-state index >= 15 is 0 Å². The van der Waals surface area contributed by atoms with Crippen LogP contribution in [0.3, 0.4) is 0 Å². The third-order valence-corrected chi connectivity index (χ3v) is 5.79. The van der Waals surface area contributed by atoms with Gasteiger partial charge >= 0.3 is 0 Å². The standard InChI is InChI=1S/C26H27FN2O.ClH/c1-17(2)21-11-9-20(10-12-21)16-30-24-13-14-28-25-18(3)19(4)29(26(24)25)15-22-7-5-6-8-23(22)27;/h5-14,17H,15-16H2,1-4H3;1H. The van der Waals surface area contributed by atoms with E-state index in [2.05, 4.69) is 54.6 Å². The van der Waals surface area contributed by atoms with Crippen LogP contribution in [0.5, 0.6) is 5.75 Å². The van der Waals surface area contributed by atoms with E-state index in [9.17, 15) is 4.39 Å². The van der Waals surface area contributed by atoms with Crippen LogP contribution in [-0.2, 0) is 13.2 Å². The Morgan fingerprint density at radius 3 is 2.39 bits per heavy atom. The molecule has 0 aliphatic heterocycles. The summed E-state index contributed by atoms with van der Waals surface area (Å²) in [7, 11) is 0. The van der Waals surface area contributed by atoms with Crippen molar-refractivity contribution < 1.29 is 9.13 Å². The van der Waals surface area contributed by atoms with Crippen LogP contribution in [0, 0.1) is 19.7 Å². The van der Waals surface area contributed by atoms with Gasteiger partial charge in [0, 0.05) is 23.5 Å². The monoisotopic (exact) mass is 438 g/mol. The second-order valence-corrected chi connectivity index (χ2v) is 8.08. The Labute approximate surface area is 189 Å². The highest BCUT2D eigenvalue weighted by atomic mass is 35.5. The van der Waals surface area contributed by atoms with Crippen LogP contribution in [0.25, 0.3) is 11.0 Å². The van der Waals surface area contributed by atoms with Gasteiger partial charge in [0.1, 0.15) is 23.7 Å². The van der Waals surface area contributed by atoms with Crippen molar-refractivity contribution in [3.63, 3.8) is 0 Å². The Kier molecular flexibility index (Phi) is 7.01. The highest BCUT2D eigenvalue weighted by Crippen LogP contribution is 2.32. The van der Waals surface area contributed by atoms with E-state index in [1.165, 1.54) is 11.6 Å². The minimum atomic E-state index is -0.201. The number of aryl methyl sites for hydroxylation is 1. The molecule has 4 aromatic rings. The molecule has 0 unspecified atom stereocenters. The second-order valence-electron chi connectivity index (χ2n) is 8.08. The molecule has 0 fully saturated rings. The highest BCUT2D eigenvalue weighted by molar-refractivity contribution is 5.86. The van der Waals surface area contributed by atoms with Crippen LogP contribution in [0.1, 0.15) is 47.7 Å². The minimum absolute atomic E-state index is 0. The van der Waals surface area contributed by atoms with Crippen molar-refractivity contribution in [2.24, 2.45) is 0 Å². The van der Waals surface area contributed by atoms with E-state index in [-0.39, 0.29) is 18.2 Å². The van der Waals surface area contributed by atoms with E-state index in [4.69, 9.17) is 4.74 Å². The first kappa shape index (κ1) is 22.8. The first-order valence-corrected chi connectivity index (χ1v) is 10.3. The van der Waals surface area contributed by atoms with Gasteiger partial charge in [0.05, 0.1) is 12.1 Å². The van der Waals surface area contributed by atoms with E-state index in [0.29, 0.717) is 24.6 Å². The van der Waals surface area contributed by atoms with Gasteiger partial charge in [-0.15, -0.1) is 12.4 Å². The number of halogens is 2. The maximum absolute atomic E-state index is 14.3. The Balaban J connectivity index is 0.00000272. The Hall–Kier alpha value is -2.85. The largest absolute Gasteiger partial charge is 0.487 e. The highest BCUT2D eigenvalue weighted by Gasteiger charge is 2.17. The average Bonchev–Trinajstić information content (AvgIpc) is 2.99. The summed E-state index contributed by atoms with van der Waals surface area (Å²) in [5.41, 5.74) is 7.05. The van der Waals surface area contributed by atoms with Crippen molar-refractivity contribution in [2.45, 2.75) is 46.8 Å². The molecular weight excluding hydrogens is 411 g/mol. The normalized spacial score (nSPS) is 11.0. The molecule has 0 radical (unpaired) electrons. The zero-order chi connectivity index (χ0) is 21.3. The molecule has 0 aliphatic carbocycles. The molecule has 2 aromatic heterocycles. The van der Waals surface area contributed by atoms with E-state index < -0.39 is 0 Å². The molecule has 2 heterocycles. The molecule has 5 heteroatoms.